The van der Waals surface area contributed by atoms with E-state index in [2.05, 4.69) is 0 Å². The van der Waals surface area contributed by atoms with E-state index in [0.717, 1.165) is 0 Å². The van der Waals surface area contributed by atoms with Crippen molar-refractivity contribution in [3.05, 3.63) is 71.3 Å². The van der Waals surface area contributed by atoms with Crippen LogP contribution >= 0.6 is 0 Å². The van der Waals surface area contributed by atoms with Crippen LogP contribution in [0.1, 0.15) is 34.3 Å². The molecule has 0 bridgehead atoms. The highest BCUT2D eigenvalue weighted by molar-refractivity contribution is 6.10. The van der Waals surface area contributed by atoms with Crippen molar-refractivity contribution in [1.29, 1.82) is 0 Å². The Hall–Kier alpha value is -2.42. The van der Waals surface area contributed by atoms with Crippen LogP contribution < -0.4 is 0 Å². The number of aliphatic carboxylic acids is 1. The summed E-state index contributed by atoms with van der Waals surface area (Å²) in [5, 5.41) is 9.10. The summed E-state index contributed by atoms with van der Waals surface area (Å²) in [6.45, 7) is 1.58. The van der Waals surface area contributed by atoms with E-state index >= 15 is 0 Å². The van der Waals surface area contributed by atoms with Gasteiger partial charge in [0.25, 0.3) is 0 Å². The predicted molar refractivity (Wildman–Crippen MR) is 72.4 cm³/mol. The molecule has 3 heteroatoms. The molecule has 0 aromatic heterocycles. The number of rotatable bonds is 4. The summed E-state index contributed by atoms with van der Waals surface area (Å²) in [6.07, 6.45) is 0. The maximum atomic E-state index is 12.4. The molecule has 2 rings (SSSR count). The number of hydrogen-bond donors (Lipinski definition) is 1. The van der Waals surface area contributed by atoms with Gasteiger partial charge in [-0.25, -0.2) is 0 Å². The summed E-state index contributed by atoms with van der Waals surface area (Å²) in [7, 11) is 0. The summed E-state index contributed by atoms with van der Waals surface area (Å²) in [6, 6.07) is 15.7. The van der Waals surface area contributed by atoms with Gasteiger partial charge in [-0.05, 0) is 12.5 Å². The van der Waals surface area contributed by atoms with E-state index in [9.17, 15) is 9.59 Å². The summed E-state index contributed by atoms with van der Waals surface area (Å²) < 4.78 is 0. The number of hydrogen-bond acceptors (Lipinski definition) is 2. The van der Waals surface area contributed by atoms with Crippen molar-refractivity contribution in [3.63, 3.8) is 0 Å². The maximum absolute atomic E-state index is 12.4. The van der Waals surface area contributed by atoms with Gasteiger partial charge in [0, 0.05) is 11.1 Å². The van der Waals surface area contributed by atoms with E-state index in [1.54, 1.807) is 55.5 Å². The first-order chi connectivity index (χ1) is 9.11. The van der Waals surface area contributed by atoms with Crippen LogP contribution in [0.15, 0.2) is 54.6 Å². The summed E-state index contributed by atoms with van der Waals surface area (Å²) in [4.78, 5) is 23.5. The molecular weight excluding hydrogens is 240 g/mol. The van der Waals surface area contributed by atoms with Crippen LogP contribution in [0.2, 0.25) is 0 Å². The fourth-order valence-corrected chi connectivity index (χ4v) is 1.96. The van der Waals surface area contributed by atoms with Gasteiger partial charge in [-0.2, -0.15) is 0 Å². The molecule has 19 heavy (non-hydrogen) atoms. The number of benzene rings is 2. The van der Waals surface area contributed by atoms with E-state index in [-0.39, 0.29) is 5.78 Å². The van der Waals surface area contributed by atoms with Gasteiger partial charge in [-0.3, -0.25) is 9.59 Å². The first-order valence-electron chi connectivity index (χ1n) is 6.02. The molecule has 0 spiro atoms. The van der Waals surface area contributed by atoms with Crippen molar-refractivity contribution < 1.29 is 14.7 Å². The standard InChI is InChI=1S/C16H14O3/c1-11(16(18)19)13-9-5-6-10-14(13)15(17)12-7-3-2-4-8-12/h2-11H,1H3,(H,18,19)/t11-/m1/s1. The zero-order valence-electron chi connectivity index (χ0n) is 10.5. The Kier molecular flexibility index (Phi) is 3.76. The number of carbonyl (C=O) groups excluding carboxylic acids is 1. The molecule has 0 aliphatic rings. The van der Waals surface area contributed by atoms with Gasteiger partial charge in [0.15, 0.2) is 5.78 Å². The zero-order chi connectivity index (χ0) is 13.8. The molecule has 0 saturated heterocycles. The maximum Gasteiger partial charge on any atom is 0.310 e. The van der Waals surface area contributed by atoms with Crippen molar-refractivity contribution in [3.8, 4) is 0 Å². The molecule has 0 radical (unpaired) electrons. The highest BCUT2D eigenvalue weighted by Crippen LogP contribution is 2.22. The van der Waals surface area contributed by atoms with Crippen LogP contribution in [0.5, 0.6) is 0 Å². The lowest BCUT2D eigenvalue weighted by Gasteiger charge is -2.12. The van der Waals surface area contributed by atoms with Gasteiger partial charge in [-0.15, -0.1) is 0 Å². The van der Waals surface area contributed by atoms with E-state index < -0.39 is 11.9 Å². The zero-order valence-corrected chi connectivity index (χ0v) is 10.5. The molecule has 0 unspecified atom stereocenters. The second kappa shape index (κ2) is 5.48. The molecule has 1 atom stereocenters. The minimum Gasteiger partial charge on any atom is -0.481 e. The van der Waals surface area contributed by atoms with Crippen LogP contribution in [0.25, 0.3) is 0 Å². The fourth-order valence-electron chi connectivity index (χ4n) is 1.96. The Morgan fingerprint density at radius 3 is 2.16 bits per heavy atom. The highest BCUT2D eigenvalue weighted by Gasteiger charge is 2.21. The van der Waals surface area contributed by atoms with Crippen LogP contribution in [0.3, 0.4) is 0 Å². The fraction of sp³-hybridized carbons (Fsp3) is 0.125. The lowest BCUT2D eigenvalue weighted by molar-refractivity contribution is -0.138. The Morgan fingerprint density at radius 1 is 0.947 bits per heavy atom. The Labute approximate surface area is 111 Å². The number of carbonyl (C=O) groups is 2. The molecule has 1 N–H and O–H groups in total. The smallest absolute Gasteiger partial charge is 0.310 e. The average molecular weight is 254 g/mol. The molecule has 96 valence electrons. The van der Waals surface area contributed by atoms with Crippen molar-refractivity contribution >= 4 is 11.8 Å². The van der Waals surface area contributed by atoms with E-state index in [1.165, 1.54) is 0 Å². The van der Waals surface area contributed by atoms with Crippen molar-refractivity contribution in [2.24, 2.45) is 0 Å². The van der Waals surface area contributed by atoms with Gasteiger partial charge in [0.1, 0.15) is 0 Å². The third-order valence-corrected chi connectivity index (χ3v) is 3.08. The molecule has 0 heterocycles. The topological polar surface area (TPSA) is 54.4 Å². The molecule has 2 aromatic rings. The van der Waals surface area contributed by atoms with Gasteiger partial charge in [-0.1, -0.05) is 54.6 Å². The minimum atomic E-state index is -0.937. The minimum absolute atomic E-state index is 0.149. The summed E-state index contributed by atoms with van der Waals surface area (Å²) >= 11 is 0. The van der Waals surface area contributed by atoms with Crippen molar-refractivity contribution in [2.75, 3.05) is 0 Å². The molecule has 3 nitrogen and oxygen atoms in total. The largest absolute Gasteiger partial charge is 0.481 e. The Bertz CT molecular complexity index is 602. The number of carboxylic acids is 1. The van der Waals surface area contributed by atoms with Crippen molar-refractivity contribution in [1.82, 2.24) is 0 Å². The molecular formula is C16H14O3. The molecule has 2 aromatic carbocycles. The number of ketones is 1. The molecule has 0 fully saturated rings. The predicted octanol–water partition coefficient (Wildman–Crippen LogP) is 3.11. The first-order valence-corrected chi connectivity index (χ1v) is 6.02. The Balaban J connectivity index is 2.46. The van der Waals surface area contributed by atoms with E-state index in [0.29, 0.717) is 16.7 Å². The van der Waals surface area contributed by atoms with E-state index in [1.807, 2.05) is 6.07 Å². The van der Waals surface area contributed by atoms with Gasteiger partial charge >= 0.3 is 5.97 Å². The first kappa shape index (κ1) is 13.0. The van der Waals surface area contributed by atoms with E-state index in [4.69, 9.17) is 5.11 Å². The molecule has 0 aliphatic heterocycles. The average Bonchev–Trinajstić information content (AvgIpc) is 2.46. The lowest BCUT2D eigenvalue weighted by atomic mass is 9.91. The second-order valence-corrected chi connectivity index (χ2v) is 4.34. The highest BCUT2D eigenvalue weighted by atomic mass is 16.4. The quantitative estimate of drug-likeness (QED) is 0.853. The third-order valence-electron chi connectivity index (χ3n) is 3.08. The van der Waals surface area contributed by atoms with Gasteiger partial charge in [0.2, 0.25) is 0 Å². The monoisotopic (exact) mass is 254 g/mol. The summed E-state index contributed by atoms with van der Waals surface area (Å²) in [5.41, 5.74) is 1.56. The normalized spacial score (nSPS) is 11.8. The molecule has 0 saturated carbocycles. The van der Waals surface area contributed by atoms with Crippen LogP contribution in [0, 0.1) is 0 Å². The number of carboxylic acid groups (broad SMARTS) is 1. The van der Waals surface area contributed by atoms with Crippen LogP contribution in [0.4, 0.5) is 0 Å². The van der Waals surface area contributed by atoms with Crippen molar-refractivity contribution in [2.45, 2.75) is 12.8 Å². The van der Waals surface area contributed by atoms with Crippen LogP contribution in [-0.4, -0.2) is 16.9 Å². The molecule has 0 amide bonds. The van der Waals surface area contributed by atoms with Gasteiger partial charge in [0.05, 0.1) is 5.92 Å². The second-order valence-electron chi connectivity index (χ2n) is 4.34. The third kappa shape index (κ3) is 2.71. The van der Waals surface area contributed by atoms with Gasteiger partial charge < -0.3 is 5.11 Å². The summed E-state index contributed by atoms with van der Waals surface area (Å²) in [5.74, 6) is -1.79. The molecule has 0 aliphatic carbocycles. The Morgan fingerprint density at radius 2 is 1.53 bits per heavy atom. The SMILES string of the molecule is C[C@@H](C(=O)O)c1ccccc1C(=O)c1ccccc1. The van der Waals surface area contributed by atoms with Crippen LogP contribution in [-0.2, 0) is 4.79 Å². The lowest BCUT2D eigenvalue weighted by Crippen LogP contribution is -2.13.